The quantitative estimate of drug-likeness (QED) is 0.645. The van der Waals surface area contributed by atoms with Crippen LogP contribution in [0, 0.1) is 13.8 Å². The van der Waals surface area contributed by atoms with Crippen molar-refractivity contribution in [3.63, 3.8) is 0 Å². The zero-order valence-corrected chi connectivity index (χ0v) is 12.9. The van der Waals surface area contributed by atoms with E-state index >= 15 is 0 Å². The molecule has 0 bridgehead atoms. The molecule has 0 aromatic carbocycles. The van der Waals surface area contributed by atoms with Crippen molar-refractivity contribution >= 4 is 29.0 Å². The second-order valence-electron chi connectivity index (χ2n) is 5.03. The second-order valence-corrected chi connectivity index (χ2v) is 5.03. The minimum Gasteiger partial charge on any atom is -0.364 e. The summed E-state index contributed by atoms with van der Waals surface area (Å²) in [5.41, 5.74) is 13.2. The predicted octanol–water partition coefficient (Wildman–Crippen LogP) is 0.833. The fraction of sp³-hybridized carbons (Fsp3) is 0.200. The van der Waals surface area contributed by atoms with Gasteiger partial charge in [0.15, 0.2) is 5.69 Å². The van der Waals surface area contributed by atoms with Gasteiger partial charge in [-0.3, -0.25) is 9.59 Å². The Morgan fingerprint density at radius 3 is 2.57 bits per heavy atom. The van der Waals surface area contributed by atoms with Crippen LogP contribution in [0.25, 0.3) is 0 Å². The summed E-state index contributed by atoms with van der Waals surface area (Å²) in [6, 6.07) is 5.30. The van der Waals surface area contributed by atoms with Crippen LogP contribution in [0.1, 0.15) is 21.7 Å². The number of aromatic nitrogens is 2. The molecular weight excluding hydrogens is 296 g/mol. The van der Waals surface area contributed by atoms with Crippen LogP contribution < -0.4 is 22.1 Å². The average molecular weight is 314 g/mol. The molecule has 2 heterocycles. The molecule has 2 aromatic heterocycles. The lowest BCUT2D eigenvalue weighted by molar-refractivity contribution is -0.114. The topological polar surface area (TPSA) is 136 Å². The van der Waals surface area contributed by atoms with Gasteiger partial charge >= 0.3 is 0 Å². The van der Waals surface area contributed by atoms with Gasteiger partial charge in [0, 0.05) is 5.69 Å². The van der Waals surface area contributed by atoms with Crippen LogP contribution in [0.5, 0.6) is 0 Å². The summed E-state index contributed by atoms with van der Waals surface area (Å²) in [5, 5.41) is 5.58. The Morgan fingerprint density at radius 1 is 1.22 bits per heavy atom. The van der Waals surface area contributed by atoms with Gasteiger partial charge in [0.1, 0.15) is 5.82 Å². The molecule has 0 aliphatic heterocycles. The van der Waals surface area contributed by atoms with Crippen molar-refractivity contribution in [1.29, 1.82) is 0 Å². The van der Waals surface area contributed by atoms with E-state index in [1.54, 1.807) is 6.07 Å². The number of nitrogens with zero attached hydrogens (tertiary/aromatic N) is 2. The summed E-state index contributed by atoms with van der Waals surface area (Å²) in [5.74, 6) is -0.503. The first kappa shape index (κ1) is 16.4. The molecule has 23 heavy (non-hydrogen) atoms. The SMILES string of the molecule is Cc1cc(C)nc(Nc2cc(NC(=O)CN)cnc2C(N)=O)c1. The van der Waals surface area contributed by atoms with Crippen molar-refractivity contribution in [2.24, 2.45) is 11.5 Å². The molecule has 0 aliphatic carbocycles. The highest BCUT2D eigenvalue weighted by molar-refractivity contribution is 5.99. The number of carbonyl (C=O) groups excluding carboxylic acids is 2. The van der Waals surface area contributed by atoms with E-state index in [0.29, 0.717) is 17.2 Å². The van der Waals surface area contributed by atoms with Gasteiger partial charge in [0.25, 0.3) is 5.91 Å². The van der Waals surface area contributed by atoms with Gasteiger partial charge in [0.05, 0.1) is 24.1 Å². The highest BCUT2D eigenvalue weighted by atomic mass is 16.2. The summed E-state index contributed by atoms with van der Waals surface area (Å²) in [7, 11) is 0. The first-order valence-electron chi connectivity index (χ1n) is 6.91. The van der Waals surface area contributed by atoms with E-state index in [-0.39, 0.29) is 18.1 Å². The van der Waals surface area contributed by atoms with Crippen molar-refractivity contribution in [1.82, 2.24) is 9.97 Å². The van der Waals surface area contributed by atoms with E-state index in [1.807, 2.05) is 26.0 Å². The number of nitrogens with two attached hydrogens (primary N) is 2. The lowest BCUT2D eigenvalue weighted by Gasteiger charge is -2.12. The number of pyridine rings is 2. The third kappa shape index (κ3) is 4.24. The average Bonchev–Trinajstić information content (AvgIpc) is 2.45. The van der Waals surface area contributed by atoms with Crippen molar-refractivity contribution in [3.05, 3.63) is 41.3 Å². The van der Waals surface area contributed by atoms with Gasteiger partial charge in [-0.25, -0.2) is 9.97 Å². The molecule has 0 spiro atoms. The fourth-order valence-corrected chi connectivity index (χ4v) is 2.08. The third-order valence-electron chi connectivity index (χ3n) is 2.95. The Bertz CT molecular complexity index is 739. The van der Waals surface area contributed by atoms with Gasteiger partial charge in [0.2, 0.25) is 5.91 Å². The first-order valence-corrected chi connectivity index (χ1v) is 6.91. The first-order chi connectivity index (χ1) is 10.9. The molecule has 0 radical (unpaired) electrons. The standard InChI is InChI=1S/C15H18N6O2/c1-8-3-9(2)19-12(4-8)21-11-5-10(20-13(22)6-16)7-18-14(11)15(17)23/h3-5,7H,6,16H2,1-2H3,(H2,17,23)(H,19,21)(H,20,22). The summed E-state index contributed by atoms with van der Waals surface area (Å²) in [4.78, 5) is 31.2. The Morgan fingerprint density at radius 2 is 1.96 bits per heavy atom. The van der Waals surface area contributed by atoms with Crippen molar-refractivity contribution in [2.75, 3.05) is 17.2 Å². The number of nitrogens with one attached hydrogen (secondary N) is 2. The predicted molar refractivity (Wildman–Crippen MR) is 87.4 cm³/mol. The summed E-state index contributed by atoms with van der Waals surface area (Å²) in [6.07, 6.45) is 1.34. The monoisotopic (exact) mass is 314 g/mol. The van der Waals surface area contributed by atoms with E-state index in [9.17, 15) is 9.59 Å². The number of carbonyl (C=O) groups is 2. The molecule has 8 nitrogen and oxygen atoms in total. The van der Waals surface area contributed by atoms with Crippen molar-refractivity contribution < 1.29 is 9.59 Å². The highest BCUT2D eigenvalue weighted by Gasteiger charge is 2.13. The van der Waals surface area contributed by atoms with Crippen molar-refractivity contribution in [3.8, 4) is 0 Å². The molecule has 0 aliphatic rings. The van der Waals surface area contributed by atoms with Crippen LogP contribution in [-0.4, -0.2) is 28.3 Å². The Kier molecular flexibility index (Phi) is 4.87. The molecule has 0 saturated carbocycles. The maximum atomic E-state index is 11.5. The number of hydrogen-bond donors (Lipinski definition) is 4. The number of anilines is 3. The molecule has 2 rings (SSSR count). The molecule has 0 saturated heterocycles. The van der Waals surface area contributed by atoms with E-state index in [4.69, 9.17) is 11.5 Å². The molecule has 6 N–H and O–H groups in total. The van der Waals surface area contributed by atoms with Crippen LogP contribution in [-0.2, 0) is 4.79 Å². The van der Waals surface area contributed by atoms with Crippen LogP contribution >= 0.6 is 0 Å². The van der Waals surface area contributed by atoms with Gasteiger partial charge in [-0.15, -0.1) is 0 Å². The van der Waals surface area contributed by atoms with E-state index in [0.717, 1.165) is 11.3 Å². The summed E-state index contributed by atoms with van der Waals surface area (Å²) >= 11 is 0. The number of hydrogen-bond acceptors (Lipinski definition) is 6. The maximum Gasteiger partial charge on any atom is 0.269 e. The highest BCUT2D eigenvalue weighted by Crippen LogP contribution is 2.22. The van der Waals surface area contributed by atoms with Gasteiger partial charge in [-0.2, -0.15) is 0 Å². The van der Waals surface area contributed by atoms with Gasteiger partial charge in [-0.05, 0) is 37.6 Å². The number of aryl methyl sites for hydroxylation is 2. The lowest BCUT2D eigenvalue weighted by Crippen LogP contribution is -2.22. The smallest absolute Gasteiger partial charge is 0.269 e. The number of rotatable bonds is 5. The fourth-order valence-electron chi connectivity index (χ4n) is 2.08. The van der Waals surface area contributed by atoms with E-state index in [2.05, 4.69) is 20.6 Å². The normalized spacial score (nSPS) is 10.2. The zero-order chi connectivity index (χ0) is 17.0. The van der Waals surface area contributed by atoms with Gasteiger partial charge in [-0.1, -0.05) is 0 Å². The largest absolute Gasteiger partial charge is 0.364 e. The zero-order valence-electron chi connectivity index (χ0n) is 12.9. The number of primary amides is 1. The maximum absolute atomic E-state index is 11.5. The third-order valence-corrected chi connectivity index (χ3v) is 2.95. The minimum absolute atomic E-state index is 0.0525. The molecular formula is C15H18N6O2. The molecule has 2 aromatic rings. The van der Waals surface area contributed by atoms with Crippen LogP contribution in [0.3, 0.4) is 0 Å². The van der Waals surface area contributed by atoms with Crippen LogP contribution in [0.2, 0.25) is 0 Å². The molecule has 0 atom stereocenters. The molecule has 0 unspecified atom stereocenters. The Hall–Kier alpha value is -3.00. The minimum atomic E-state index is -0.687. The van der Waals surface area contributed by atoms with E-state index in [1.165, 1.54) is 6.20 Å². The summed E-state index contributed by atoms with van der Waals surface area (Å²) in [6.45, 7) is 3.65. The Balaban J connectivity index is 2.38. The summed E-state index contributed by atoms with van der Waals surface area (Å²) < 4.78 is 0. The van der Waals surface area contributed by atoms with Crippen molar-refractivity contribution in [2.45, 2.75) is 13.8 Å². The molecule has 8 heteroatoms. The number of amides is 2. The van der Waals surface area contributed by atoms with E-state index < -0.39 is 5.91 Å². The van der Waals surface area contributed by atoms with Crippen LogP contribution in [0.15, 0.2) is 24.4 Å². The molecule has 0 fully saturated rings. The molecule has 2 amide bonds. The second kappa shape index (κ2) is 6.84. The molecule has 120 valence electrons. The Labute approximate surface area is 133 Å². The van der Waals surface area contributed by atoms with Gasteiger partial charge < -0.3 is 22.1 Å². The lowest BCUT2D eigenvalue weighted by atomic mass is 10.2. The van der Waals surface area contributed by atoms with Crippen LogP contribution in [0.4, 0.5) is 17.2 Å².